The van der Waals surface area contributed by atoms with Crippen LogP contribution < -0.4 is 0 Å². The van der Waals surface area contributed by atoms with Gasteiger partial charge in [-0.05, 0) is 24.7 Å². The second-order valence-corrected chi connectivity index (χ2v) is 3.56. The first-order valence-corrected chi connectivity index (χ1v) is 4.69. The van der Waals surface area contributed by atoms with Gasteiger partial charge in [0.2, 0.25) is 0 Å². The molecule has 1 saturated carbocycles. The highest BCUT2D eigenvalue weighted by Crippen LogP contribution is 2.37. The molecule has 0 aliphatic heterocycles. The van der Waals surface area contributed by atoms with Gasteiger partial charge in [-0.1, -0.05) is 39.5 Å². The predicted molar refractivity (Wildman–Crippen MR) is 45.8 cm³/mol. The number of hydrogen-bond acceptors (Lipinski definition) is 0. The Kier molecular flexibility index (Phi) is 3.24. The summed E-state index contributed by atoms with van der Waals surface area (Å²) in [6.07, 6.45) is 8.55. The maximum absolute atomic E-state index is 2.39. The van der Waals surface area contributed by atoms with Crippen molar-refractivity contribution in [3.8, 4) is 0 Å². The third-order valence-electron chi connectivity index (χ3n) is 2.68. The fourth-order valence-corrected chi connectivity index (χ4v) is 1.59. The molecule has 0 heteroatoms. The number of unbranched alkanes of at least 4 members (excludes halogenated alkanes) is 1. The van der Waals surface area contributed by atoms with E-state index in [-0.39, 0.29) is 0 Å². The van der Waals surface area contributed by atoms with Gasteiger partial charge in [-0.2, -0.15) is 0 Å². The van der Waals surface area contributed by atoms with Crippen LogP contribution in [0.3, 0.4) is 0 Å². The summed E-state index contributed by atoms with van der Waals surface area (Å²) in [6.45, 7) is 4.67. The van der Waals surface area contributed by atoms with E-state index in [0.717, 1.165) is 5.92 Å². The molecule has 1 unspecified atom stereocenters. The van der Waals surface area contributed by atoms with Crippen LogP contribution in [0.5, 0.6) is 0 Å². The van der Waals surface area contributed by atoms with Crippen molar-refractivity contribution < 1.29 is 0 Å². The van der Waals surface area contributed by atoms with Gasteiger partial charge in [0, 0.05) is 0 Å². The molecule has 0 saturated heterocycles. The highest BCUT2D eigenvalue weighted by Gasteiger charge is 2.23. The molecule has 10 heavy (non-hydrogen) atoms. The second kappa shape index (κ2) is 4.00. The van der Waals surface area contributed by atoms with Gasteiger partial charge in [0.1, 0.15) is 0 Å². The first-order chi connectivity index (χ1) is 4.84. The molecule has 1 aliphatic carbocycles. The van der Waals surface area contributed by atoms with Crippen LogP contribution >= 0.6 is 0 Å². The Morgan fingerprint density at radius 1 is 1.40 bits per heavy atom. The highest BCUT2D eigenvalue weighted by molar-refractivity contribution is 5.01. The van der Waals surface area contributed by atoms with Gasteiger partial charge in [0.25, 0.3) is 0 Å². The third kappa shape index (κ3) is 2.00. The van der Waals surface area contributed by atoms with E-state index >= 15 is 0 Å². The molecule has 1 radical (unpaired) electrons. The van der Waals surface area contributed by atoms with Gasteiger partial charge in [-0.3, -0.25) is 0 Å². The van der Waals surface area contributed by atoms with Crippen molar-refractivity contribution >= 4 is 0 Å². The van der Waals surface area contributed by atoms with E-state index in [1.165, 1.54) is 38.5 Å². The largest absolute Gasteiger partial charge is 0.0654 e. The highest BCUT2D eigenvalue weighted by atomic mass is 14.3. The lowest BCUT2D eigenvalue weighted by molar-refractivity contribution is 0.391. The Bertz CT molecular complexity index is 82.0. The molecule has 0 amide bonds. The van der Waals surface area contributed by atoms with Crippen LogP contribution in [0.2, 0.25) is 0 Å². The molecular formula is C10H19. The number of rotatable bonds is 4. The Hall–Kier alpha value is 0. The van der Waals surface area contributed by atoms with E-state index in [9.17, 15) is 0 Å². The Morgan fingerprint density at radius 2 is 2.10 bits per heavy atom. The summed E-state index contributed by atoms with van der Waals surface area (Å²) in [6, 6.07) is 0. The summed E-state index contributed by atoms with van der Waals surface area (Å²) in [5.74, 6) is 2.78. The Labute approximate surface area is 65.0 Å². The normalized spacial score (nSPS) is 22.2. The van der Waals surface area contributed by atoms with E-state index < -0.39 is 0 Å². The third-order valence-corrected chi connectivity index (χ3v) is 2.68. The van der Waals surface area contributed by atoms with Crippen LogP contribution in [0.25, 0.3) is 0 Å². The molecule has 1 rings (SSSR count). The molecule has 59 valence electrons. The van der Waals surface area contributed by atoms with E-state index in [1.807, 2.05) is 5.92 Å². The zero-order valence-electron chi connectivity index (χ0n) is 7.32. The molecule has 0 N–H and O–H groups in total. The lowest BCUT2D eigenvalue weighted by Gasteiger charge is -2.30. The van der Waals surface area contributed by atoms with Crippen LogP contribution in [0.15, 0.2) is 0 Å². The lowest BCUT2D eigenvalue weighted by atomic mass is 9.75. The second-order valence-electron chi connectivity index (χ2n) is 3.56. The maximum atomic E-state index is 2.39. The maximum Gasteiger partial charge on any atom is -0.0213 e. The molecule has 0 nitrogen and oxygen atoms in total. The van der Waals surface area contributed by atoms with Gasteiger partial charge in [0.05, 0.1) is 0 Å². The minimum absolute atomic E-state index is 0.939. The first-order valence-electron chi connectivity index (χ1n) is 4.69. The van der Waals surface area contributed by atoms with Gasteiger partial charge in [-0.15, -0.1) is 0 Å². The van der Waals surface area contributed by atoms with Crippen molar-refractivity contribution in [2.75, 3.05) is 0 Å². The zero-order valence-corrected chi connectivity index (χ0v) is 7.32. The first kappa shape index (κ1) is 8.10. The lowest BCUT2D eigenvalue weighted by Crippen LogP contribution is -2.16. The van der Waals surface area contributed by atoms with Gasteiger partial charge in [0.15, 0.2) is 0 Å². The van der Waals surface area contributed by atoms with Crippen molar-refractivity contribution in [1.82, 2.24) is 0 Å². The van der Waals surface area contributed by atoms with Crippen LogP contribution in [0, 0.1) is 11.8 Å². The minimum Gasteiger partial charge on any atom is -0.0654 e. The monoisotopic (exact) mass is 139 g/mol. The Morgan fingerprint density at radius 3 is 2.50 bits per heavy atom. The molecule has 1 atom stereocenters. The quantitative estimate of drug-likeness (QED) is 0.558. The Balaban J connectivity index is 2.02. The zero-order chi connectivity index (χ0) is 7.40. The summed E-state index contributed by atoms with van der Waals surface area (Å²) in [7, 11) is 0. The van der Waals surface area contributed by atoms with Crippen molar-refractivity contribution in [3.63, 3.8) is 0 Å². The van der Waals surface area contributed by atoms with Gasteiger partial charge >= 0.3 is 0 Å². The van der Waals surface area contributed by atoms with Crippen LogP contribution in [0.4, 0.5) is 0 Å². The molecular weight excluding hydrogens is 120 g/mol. The van der Waals surface area contributed by atoms with Crippen molar-refractivity contribution in [2.24, 2.45) is 5.92 Å². The van der Waals surface area contributed by atoms with Crippen LogP contribution in [0.1, 0.15) is 52.4 Å². The van der Waals surface area contributed by atoms with E-state index in [4.69, 9.17) is 0 Å². The van der Waals surface area contributed by atoms with Gasteiger partial charge in [-0.25, -0.2) is 0 Å². The number of hydrogen-bond donors (Lipinski definition) is 0. The van der Waals surface area contributed by atoms with Crippen LogP contribution in [-0.2, 0) is 0 Å². The van der Waals surface area contributed by atoms with E-state index in [0.29, 0.717) is 0 Å². The average Bonchev–Trinajstić information content (AvgIpc) is 1.79. The van der Waals surface area contributed by atoms with Crippen molar-refractivity contribution in [2.45, 2.75) is 52.4 Å². The molecule has 0 bridgehead atoms. The predicted octanol–water partition coefficient (Wildman–Crippen LogP) is 3.57. The standard InChI is InChI=1S/C10H19/c1-3-4-6-9(2)10-7-5-8-10/h9H,3-8H2,1-2H3. The molecule has 1 fully saturated rings. The summed E-state index contributed by atoms with van der Waals surface area (Å²) in [5, 5.41) is 0. The van der Waals surface area contributed by atoms with E-state index in [1.54, 1.807) is 0 Å². The van der Waals surface area contributed by atoms with E-state index in [2.05, 4.69) is 13.8 Å². The summed E-state index contributed by atoms with van der Waals surface area (Å²) >= 11 is 0. The fraction of sp³-hybridized carbons (Fsp3) is 0.900. The fourth-order valence-electron chi connectivity index (χ4n) is 1.59. The summed E-state index contributed by atoms with van der Waals surface area (Å²) in [4.78, 5) is 0. The van der Waals surface area contributed by atoms with Gasteiger partial charge < -0.3 is 0 Å². The van der Waals surface area contributed by atoms with Crippen molar-refractivity contribution in [3.05, 3.63) is 5.92 Å². The molecule has 0 aromatic heterocycles. The molecule has 0 aromatic carbocycles. The molecule has 0 heterocycles. The SMILES string of the molecule is CCCCC(C)[C]1CCC1. The summed E-state index contributed by atoms with van der Waals surface area (Å²) < 4.78 is 0. The topological polar surface area (TPSA) is 0 Å². The average molecular weight is 139 g/mol. The van der Waals surface area contributed by atoms with Crippen LogP contribution in [-0.4, -0.2) is 0 Å². The summed E-state index contributed by atoms with van der Waals surface area (Å²) in [5.41, 5.74) is 0. The molecule has 0 spiro atoms. The minimum atomic E-state index is 0.939. The molecule has 1 aliphatic rings. The smallest absolute Gasteiger partial charge is 0.0213 e. The van der Waals surface area contributed by atoms with Crippen molar-refractivity contribution in [1.29, 1.82) is 0 Å². The molecule has 0 aromatic rings.